The quantitative estimate of drug-likeness (QED) is 0.406. The molecule has 0 aromatic carbocycles. The Hall–Kier alpha value is -0.320. The van der Waals surface area contributed by atoms with E-state index >= 15 is 0 Å². The molecule has 1 atom stereocenters. The molecule has 0 radical (unpaired) electrons. The van der Waals surface area contributed by atoms with E-state index in [4.69, 9.17) is 0 Å². The van der Waals surface area contributed by atoms with Gasteiger partial charge < -0.3 is 4.90 Å². The van der Waals surface area contributed by atoms with Crippen LogP contribution in [0.4, 0.5) is 0 Å². The SMILES string of the molecule is CCCCSc1nnc(SCC(=O)N(C2CCCCC2)C2CCS(=O)(=O)C2)s1. The summed E-state index contributed by atoms with van der Waals surface area (Å²) in [5.41, 5.74) is 0. The van der Waals surface area contributed by atoms with Crippen molar-refractivity contribution in [3.8, 4) is 0 Å². The molecule has 1 aliphatic heterocycles. The van der Waals surface area contributed by atoms with E-state index in [1.165, 1.54) is 18.2 Å². The van der Waals surface area contributed by atoms with Crippen molar-refractivity contribution in [2.75, 3.05) is 23.0 Å². The molecule has 1 aromatic rings. The highest BCUT2D eigenvalue weighted by Gasteiger charge is 2.38. The van der Waals surface area contributed by atoms with Gasteiger partial charge >= 0.3 is 0 Å². The minimum Gasteiger partial charge on any atom is -0.335 e. The molecule has 1 aromatic heterocycles. The fourth-order valence-electron chi connectivity index (χ4n) is 3.88. The zero-order valence-corrected chi connectivity index (χ0v) is 19.6. The van der Waals surface area contributed by atoms with Gasteiger partial charge in [-0.15, -0.1) is 10.2 Å². The summed E-state index contributed by atoms with van der Waals surface area (Å²) in [5, 5.41) is 8.41. The van der Waals surface area contributed by atoms with E-state index in [-0.39, 0.29) is 29.5 Å². The Bertz CT molecular complexity index is 747. The standard InChI is InChI=1S/C18H29N3O3S4/c1-2-3-10-25-17-19-20-18(27-17)26-12-16(22)21(14-7-5-4-6-8-14)15-9-11-28(23,24)13-15/h14-15H,2-13H2,1H3. The molecule has 0 spiro atoms. The second-order valence-electron chi connectivity index (χ2n) is 7.47. The lowest BCUT2D eigenvalue weighted by Gasteiger charge is -2.38. The van der Waals surface area contributed by atoms with Gasteiger partial charge in [0.1, 0.15) is 0 Å². The summed E-state index contributed by atoms with van der Waals surface area (Å²) in [7, 11) is -3.01. The lowest BCUT2D eigenvalue weighted by molar-refractivity contribution is -0.133. The van der Waals surface area contributed by atoms with Crippen LogP contribution in [0.15, 0.2) is 8.68 Å². The van der Waals surface area contributed by atoms with Crippen LogP contribution < -0.4 is 0 Å². The zero-order chi connectivity index (χ0) is 20.0. The highest BCUT2D eigenvalue weighted by atomic mass is 32.2. The average Bonchev–Trinajstić information content (AvgIpc) is 3.27. The lowest BCUT2D eigenvalue weighted by Crippen LogP contribution is -2.49. The number of unbranched alkanes of at least 4 members (excludes halogenated alkanes) is 1. The van der Waals surface area contributed by atoms with E-state index in [0.717, 1.165) is 53.0 Å². The number of nitrogens with zero attached hydrogens (tertiary/aromatic N) is 3. The molecule has 6 nitrogen and oxygen atoms in total. The highest BCUT2D eigenvalue weighted by Crippen LogP contribution is 2.32. The average molecular weight is 464 g/mol. The number of amides is 1. The molecule has 1 aliphatic carbocycles. The second kappa shape index (κ2) is 10.6. The summed E-state index contributed by atoms with van der Waals surface area (Å²) in [6.07, 6.45) is 8.33. The van der Waals surface area contributed by atoms with Gasteiger partial charge in [-0.1, -0.05) is 67.5 Å². The molecule has 0 N–H and O–H groups in total. The van der Waals surface area contributed by atoms with Crippen LogP contribution >= 0.6 is 34.9 Å². The molecule has 1 unspecified atom stereocenters. The van der Waals surface area contributed by atoms with Gasteiger partial charge in [0.15, 0.2) is 18.5 Å². The first kappa shape index (κ1) is 22.4. The van der Waals surface area contributed by atoms with Crippen LogP contribution in [-0.2, 0) is 14.6 Å². The number of sulfone groups is 1. The van der Waals surface area contributed by atoms with Crippen molar-refractivity contribution in [2.45, 2.75) is 79.1 Å². The molecule has 3 rings (SSSR count). The molecule has 1 saturated heterocycles. The van der Waals surface area contributed by atoms with Crippen molar-refractivity contribution in [3.63, 3.8) is 0 Å². The van der Waals surface area contributed by atoms with Crippen molar-refractivity contribution < 1.29 is 13.2 Å². The van der Waals surface area contributed by atoms with E-state index < -0.39 is 9.84 Å². The van der Waals surface area contributed by atoms with E-state index in [2.05, 4.69) is 17.1 Å². The Morgan fingerprint density at radius 3 is 2.46 bits per heavy atom. The Labute approximate surface area is 180 Å². The summed E-state index contributed by atoms with van der Waals surface area (Å²) in [6.45, 7) is 2.17. The smallest absolute Gasteiger partial charge is 0.233 e. The lowest BCUT2D eigenvalue weighted by atomic mass is 9.93. The van der Waals surface area contributed by atoms with Crippen molar-refractivity contribution in [2.24, 2.45) is 0 Å². The Morgan fingerprint density at radius 1 is 1.11 bits per heavy atom. The third kappa shape index (κ3) is 6.34. The molecule has 1 amide bonds. The summed E-state index contributed by atoms with van der Waals surface area (Å²) in [5.74, 6) is 1.73. The third-order valence-electron chi connectivity index (χ3n) is 5.29. The first-order valence-corrected chi connectivity index (χ1v) is 14.7. The van der Waals surface area contributed by atoms with Crippen molar-refractivity contribution in [1.82, 2.24) is 15.1 Å². The van der Waals surface area contributed by atoms with E-state index in [1.807, 2.05) is 4.90 Å². The summed E-state index contributed by atoms with van der Waals surface area (Å²) in [4.78, 5) is 15.0. The number of hydrogen-bond donors (Lipinski definition) is 0. The zero-order valence-electron chi connectivity index (χ0n) is 16.3. The predicted molar refractivity (Wildman–Crippen MR) is 117 cm³/mol. The first-order chi connectivity index (χ1) is 13.5. The number of hydrogen-bond acceptors (Lipinski definition) is 8. The summed E-state index contributed by atoms with van der Waals surface area (Å²) < 4.78 is 25.7. The van der Waals surface area contributed by atoms with Gasteiger partial charge in [0.2, 0.25) is 5.91 Å². The van der Waals surface area contributed by atoms with Crippen molar-refractivity contribution in [3.05, 3.63) is 0 Å². The Morgan fingerprint density at radius 2 is 1.82 bits per heavy atom. The van der Waals surface area contributed by atoms with Crippen molar-refractivity contribution >= 4 is 50.6 Å². The van der Waals surface area contributed by atoms with E-state index in [0.29, 0.717) is 12.2 Å². The normalized spacial score (nSPS) is 22.4. The molecule has 2 heterocycles. The minimum absolute atomic E-state index is 0.0504. The minimum atomic E-state index is -3.01. The second-order valence-corrected chi connectivity index (χ2v) is 13.2. The Kier molecular flexibility index (Phi) is 8.49. The van der Waals surface area contributed by atoms with Gasteiger partial charge in [0.25, 0.3) is 0 Å². The fraction of sp³-hybridized carbons (Fsp3) is 0.833. The highest BCUT2D eigenvalue weighted by molar-refractivity contribution is 8.03. The molecular formula is C18H29N3O3S4. The maximum absolute atomic E-state index is 13.1. The fourth-order valence-corrected chi connectivity index (χ4v) is 8.63. The summed E-state index contributed by atoms with van der Waals surface area (Å²) >= 11 is 4.69. The predicted octanol–water partition coefficient (Wildman–Crippen LogP) is 3.87. The molecular weight excluding hydrogens is 434 g/mol. The van der Waals surface area contributed by atoms with Crippen LogP contribution in [-0.4, -0.2) is 64.5 Å². The van der Waals surface area contributed by atoms with Crippen LogP contribution in [0.3, 0.4) is 0 Å². The molecule has 158 valence electrons. The maximum Gasteiger partial charge on any atom is 0.233 e. The third-order valence-corrected chi connectivity index (χ3v) is 10.3. The maximum atomic E-state index is 13.1. The first-order valence-electron chi connectivity index (χ1n) is 10.1. The molecule has 0 bridgehead atoms. The molecule has 2 aliphatic rings. The Balaban J connectivity index is 1.59. The molecule has 2 fully saturated rings. The van der Waals surface area contributed by atoms with Gasteiger partial charge in [0.05, 0.1) is 17.3 Å². The van der Waals surface area contributed by atoms with Gasteiger partial charge in [-0.2, -0.15) is 0 Å². The van der Waals surface area contributed by atoms with Gasteiger partial charge in [-0.25, -0.2) is 8.42 Å². The molecule has 28 heavy (non-hydrogen) atoms. The number of aromatic nitrogens is 2. The van der Waals surface area contributed by atoms with Crippen LogP contribution in [0.1, 0.15) is 58.3 Å². The largest absolute Gasteiger partial charge is 0.335 e. The van der Waals surface area contributed by atoms with Gasteiger partial charge in [0, 0.05) is 17.8 Å². The van der Waals surface area contributed by atoms with Crippen LogP contribution in [0, 0.1) is 0 Å². The van der Waals surface area contributed by atoms with Gasteiger partial charge in [-0.05, 0) is 25.7 Å². The van der Waals surface area contributed by atoms with Crippen LogP contribution in [0.25, 0.3) is 0 Å². The van der Waals surface area contributed by atoms with Gasteiger partial charge in [-0.3, -0.25) is 4.79 Å². The molecule has 10 heteroatoms. The van der Waals surface area contributed by atoms with E-state index in [9.17, 15) is 13.2 Å². The van der Waals surface area contributed by atoms with Crippen LogP contribution in [0.2, 0.25) is 0 Å². The number of rotatable bonds is 9. The molecule has 1 saturated carbocycles. The monoisotopic (exact) mass is 463 g/mol. The topological polar surface area (TPSA) is 80.2 Å². The van der Waals surface area contributed by atoms with Crippen LogP contribution in [0.5, 0.6) is 0 Å². The number of thioether (sulfide) groups is 2. The summed E-state index contributed by atoms with van der Waals surface area (Å²) in [6, 6.07) is 0.0329. The van der Waals surface area contributed by atoms with E-state index in [1.54, 1.807) is 23.1 Å². The number of carbonyl (C=O) groups is 1. The number of carbonyl (C=O) groups excluding carboxylic acids is 1. The van der Waals surface area contributed by atoms with Crippen molar-refractivity contribution in [1.29, 1.82) is 0 Å².